The van der Waals surface area contributed by atoms with Crippen molar-refractivity contribution in [3.63, 3.8) is 0 Å². The second-order valence-corrected chi connectivity index (χ2v) is 10.6. The maximum atomic E-state index is 13.7. The number of ether oxygens (including phenoxy) is 1. The Kier molecular flexibility index (Phi) is 8.60. The summed E-state index contributed by atoms with van der Waals surface area (Å²) in [6.07, 6.45) is 8.18. The zero-order valence-corrected chi connectivity index (χ0v) is 21.7. The van der Waals surface area contributed by atoms with E-state index < -0.39 is 0 Å². The molecule has 0 unspecified atom stereocenters. The standard InChI is InChI=1S/C29H38N4O3/c1-20-16-33(21(2)19-34)29(35)26-13-25(24-11-9-22(14-30)10-12-24)15-31-28(26)36-27(20)18-32(3)17-23-7-5-4-6-8-23/h9-13,15,20-21,23,27,34H,4-8,16-19H2,1-3H3/t20-,21-,27+/m0/s1. The average molecular weight is 491 g/mol. The Balaban J connectivity index is 1.62. The molecule has 2 aromatic rings. The number of hydrogen-bond donors (Lipinski definition) is 1. The van der Waals surface area contributed by atoms with Crippen molar-refractivity contribution < 1.29 is 14.6 Å². The van der Waals surface area contributed by atoms with Crippen LogP contribution in [-0.2, 0) is 0 Å². The van der Waals surface area contributed by atoms with Gasteiger partial charge in [-0.3, -0.25) is 4.79 Å². The first kappa shape index (κ1) is 26.1. The molecule has 2 heterocycles. The van der Waals surface area contributed by atoms with Crippen LogP contribution in [0.15, 0.2) is 36.5 Å². The van der Waals surface area contributed by atoms with E-state index >= 15 is 0 Å². The zero-order valence-electron chi connectivity index (χ0n) is 21.7. The molecule has 7 nitrogen and oxygen atoms in total. The van der Waals surface area contributed by atoms with Gasteiger partial charge < -0.3 is 19.6 Å². The number of hydrogen-bond acceptors (Lipinski definition) is 6. The molecular formula is C29H38N4O3. The maximum Gasteiger partial charge on any atom is 0.259 e. The molecule has 1 aromatic heterocycles. The molecule has 7 heteroatoms. The van der Waals surface area contributed by atoms with E-state index in [4.69, 9.17) is 10.00 Å². The fourth-order valence-electron chi connectivity index (χ4n) is 5.41. The Labute approximate surface area is 214 Å². The van der Waals surface area contributed by atoms with Gasteiger partial charge in [-0.05, 0) is 56.5 Å². The highest BCUT2D eigenvalue weighted by atomic mass is 16.5. The number of amides is 1. The number of benzene rings is 1. The molecule has 1 fully saturated rings. The molecule has 0 radical (unpaired) electrons. The first-order chi connectivity index (χ1) is 17.4. The van der Waals surface area contributed by atoms with Crippen LogP contribution in [-0.4, -0.2) is 71.2 Å². The molecule has 4 rings (SSSR count). The molecule has 1 aliphatic heterocycles. The third kappa shape index (κ3) is 6.05. The van der Waals surface area contributed by atoms with Crippen molar-refractivity contribution >= 4 is 5.91 Å². The lowest BCUT2D eigenvalue weighted by atomic mass is 9.89. The number of likely N-dealkylation sites (N-methyl/N-ethyl adjacent to an activating group) is 1. The summed E-state index contributed by atoms with van der Waals surface area (Å²) in [5.41, 5.74) is 2.64. The number of aliphatic hydroxyl groups excluding tert-OH is 1. The molecule has 1 aliphatic carbocycles. The summed E-state index contributed by atoms with van der Waals surface area (Å²) < 4.78 is 6.46. The van der Waals surface area contributed by atoms with Gasteiger partial charge in [-0.25, -0.2) is 4.98 Å². The summed E-state index contributed by atoms with van der Waals surface area (Å²) in [5.74, 6) is 0.968. The smallest absolute Gasteiger partial charge is 0.259 e. The summed E-state index contributed by atoms with van der Waals surface area (Å²) in [5, 5.41) is 19.0. The maximum absolute atomic E-state index is 13.7. The Morgan fingerprint density at radius 1 is 1.19 bits per heavy atom. The number of carbonyl (C=O) groups is 1. The molecule has 0 saturated heterocycles. The van der Waals surface area contributed by atoms with Crippen LogP contribution in [0.3, 0.4) is 0 Å². The topological polar surface area (TPSA) is 89.7 Å². The van der Waals surface area contributed by atoms with Crippen molar-refractivity contribution in [1.82, 2.24) is 14.8 Å². The van der Waals surface area contributed by atoms with Gasteiger partial charge in [0.15, 0.2) is 0 Å². The first-order valence-electron chi connectivity index (χ1n) is 13.2. The Bertz CT molecular complexity index is 1070. The normalized spacial score (nSPS) is 21.8. The third-order valence-electron chi connectivity index (χ3n) is 7.65. The van der Waals surface area contributed by atoms with Gasteiger partial charge >= 0.3 is 0 Å². The van der Waals surface area contributed by atoms with E-state index in [1.165, 1.54) is 32.1 Å². The summed E-state index contributed by atoms with van der Waals surface area (Å²) in [7, 11) is 2.16. The minimum Gasteiger partial charge on any atom is -0.472 e. The van der Waals surface area contributed by atoms with Crippen LogP contribution in [0.1, 0.15) is 61.9 Å². The van der Waals surface area contributed by atoms with Crippen molar-refractivity contribution in [3.05, 3.63) is 47.7 Å². The van der Waals surface area contributed by atoms with Crippen LogP contribution in [0.5, 0.6) is 5.88 Å². The van der Waals surface area contributed by atoms with E-state index in [-0.39, 0.29) is 30.6 Å². The number of rotatable bonds is 7. The Morgan fingerprint density at radius 2 is 1.92 bits per heavy atom. The van der Waals surface area contributed by atoms with Gasteiger partial charge in [-0.15, -0.1) is 0 Å². The SMILES string of the molecule is C[C@H]1CN([C@@H](C)CO)C(=O)c2cc(-c3ccc(C#N)cc3)cnc2O[C@@H]1CN(C)CC1CCCCC1. The lowest BCUT2D eigenvalue weighted by Gasteiger charge is -2.38. The molecule has 1 N–H and O–H groups in total. The van der Waals surface area contributed by atoms with Crippen LogP contribution in [0.2, 0.25) is 0 Å². The number of aliphatic hydroxyl groups is 1. The molecule has 0 spiro atoms. The number of pyridine rings is 1. The number of nitrogens with zero attached hydrogens (tertiary/aromatic N) is 4. The largest absolute Gasteiger partial charge is 0.472 e. The second-order valence-electron chi connectivity index (χ2n) is 10.6. The van der Waals surface area contributed by atoms with Crippen LogP contribution in [0.4, 0.5) is 0 Å². The predicted molar refractivity (Wildman–Crippen MR) is 140 cm³/mol. The Morgan fingerprint density at radius 3 is 2.58 bits per heavy atom. The molecule has 192 valence electrons. The van der Waals surface area contributed by atoms with Gasteiger partial charge in [0.1, 0.15) is 11.7 Å². The molecule has 2 aliphatic rings. The van der Waals surface area contributed by atoms with E-state index in [1.807, 2.05) is 25.1 Å². The molecule has 36 heavy (non-hydrogen) atoms. The zero-order chi connectivity index (χ0) is 25.7. The van der Waals surface area contributed by atoms with Crippen LogP contribution < -0.4 is 4.74 Å². The number of carbonyl (C=O) groups excluding carboxylic acids is 1. The van der Waals surface area contributed by atoms with Crippen molar-refractivity contribution in [3.8, 4) is 23.1 Å². The van der Waals surface area contributed by atoms with Gasteiger partial charge in [0.2, 0.25) is 5.88 Å². The van der Waals surface area contributed by atoms with E-state index in [0.717, 1.165) is 30.1 Å². The molecule has 3 atom stereocenters. The van der Waals surface area contributed by atoms with Gasteiger partial charge in [0.05, 0.1) is 24.3 Å². The quantitative estimate of drug-likeness (QED) is 0.621. The third-order valence-corrected chi connectivity index (χ3v) is 7.65. The number of nitriles is 1. The Hall–Kier alpha value is -2.95. The predicted octanol–water partition coefficient (Wildman–Crippen LogP) is 4.35. The summed E-state index contributed by atoms with van der Waals surface area (Å²) in [6.45, 7) is 6.19. The summed E-state index contributed by atoms with van der Waals surface area (Å²) >= 11 is 0. The van der Waals surface area contributed by atoms with Crippen molar-refractivity contribution in [2.24, 2.45) is 11.8 Å². The van der Waals surface area contributed by atoms with Gasteiger partial charge in [-0.2, -0.15) is 5.26 Å². The highest BCUT2D eigenvalue weighted by Crippen LogP contribution is 2.31. The number of fused-ring (bicyclic) bond motifs is 1. The fraction of sp³-hybridized carbons (Fsp3) is 0.552. The molecule has 0 bridgehead atoms. The van der Waals surface area contributed by atoms with Crippen molar-refractivity contribution in [2.45, 2.75) is 58.1 Å². The monoisotopic (exact) mass is 490 g/mol. The van der Waals surface area contributed by atoms with E-state index in [2.05, 4.69) is 29.9 Å². The van der Waals surface area contributed by atoms with Gasteiger partial charge in [-0.1, -0.05) is 38.3 Å². The lowest BCUT2D eigenvalue weighted by molar-refractivity contribution is 0.0314. The average Bonchev–Trinajstić information content (AvgIpc) is 2.90. The van der Waals surface area contributed by atoms with Crippen LogP contribution in [0, 0.1) is 23.2 Å². The van der Waals surface area contributed by atoms with Crippen molar-refractivity contribution in [1.29, 1.82) is 5.26 Å². The highest BCUT2D eigenvalue weighted by molar-refractivity contribution is 5.98. The summed E-state index contributed by atoms with van der Waals surface area (Å²) in [4.78, 5) is 22.4. The van der Waals surface area contributed by atoms with Crippen LogP contribution in [0.25, 0.3) is 11.1 Å². The van der Waals surface area contributed by atoms with E-state index in [0.29, 0.717) is 23.6 Å². The minimum atomic E-state index is -0.315. The van der Waals surface area contributed by atoms with Crippen molar-refractivity contribution in [2.75, 3.05) is 33.3 Å². The lowest BCUT2D eigenvalue weighted by Crippen LogP contribution is -2.50. The minimum absolute atomic E-state index is 0.0740. The summed E-state index contributed by atoms with van der Waals surface area (Å²) in [6, 6.07) is 10.9. The molecular weight excluding hydrogens is 452 g/mol. The molecule has 1 amide bonds. The van der Waals surface area contributed by atoms with Gasteiger partial charge in [0, 0.05) is 37.3 Å². The van der Waals surface area contributed by atoms with E-state index in [1.54, 1.807) is 23.2 Å². The number of aromatic nitrogens is 1. The van der Waals surface area contributed by atoms with E-state index in [9.17, 15) is 9.90 Å². The first-order valence-corrected chi connectivity index (χ1v) is 13.2. The second kappa shape index (κ2) is 11.9. The fourth-order valence-corrected chi connectivity index (χ4v) is 5.41. The molecule has 1 aromatic carbocycles. The molecule has 1 saturated carbocycles. The highest BCUT2D eigenvalue weighted by Gasteiger charge is 2.34. The van der Waals surface area contributed by atoms with Gasteiger partial charge in [0.25, 0.3) is 5.91 Å². The van der Waals surface area contributed by atoms with Crippen LogP contribution >= 0.6 is 0 Å².